The van der Waals surface area contributed by atoms with Crippen LogP contribution in [0.1, 0.15) is 11.1 Å². The van der Waals surface area contributed by atoms with E-state index in [1.807, 2.05) is 66.7 Å². The maximum Gasteiger partial charge on any atom is 0.218 e. The number of hydrogen-bond donors (Lipinski definition) is 0. The van der Waals surface area contributed by atoms with Crippen LogP contribution in [0, 0.1) is 29.2 Å². The highest BCUT2D eigenvalue weighted by atomic mass is 15.0. The Kier molecular flexibility index (Phi) is 6.56. The van der Waals surface area contributed by atoms with Crippen molar-refractivity contribution in [2.45, 2.75) is 0 Å². The standard InChI is InChI=1S/C45H25N5/c1-48-45-37(31-10-3-2-4-11-31)25-33(26-44(45)50-40-16-7-5-14-35(40)36-15-6-8-17-41(36)50)32-12-9-13-34(24-32)49-42-20-18-29(27-46)22-38(42)39-23-30(28-47)19-21-43(39)49/h2-26H. The largest absolute Gasteiger partial charge is 0.319 e. The van der Waals surface area contributed by atoms with Crippen molar-refractivity contribution in [3.63, 3.8) is 0 Å². The van der Waals surface area contributed by atoms with Gasteiger partial charge in [0.2, 0.25) is 5.69 Å². The Hall–Kier alpha value is -7.39. The minimum atomic E-state index is 0.568. The normalized spacial score (nSPS) is 11.1. The van der Waals surface area contributed by atoms with Gasteiger partial charge in [0.1, 0.15) is 0 Å². The molecule has 0 N–H and O–H groups in total. The first-order valence-corrected chi connectivity index (χ1v) is 16.3. The van der Waals surface area contributed by atoms with E-state index in [4.69, 9.17) is 6.57 Å². The second-order valence-electron chi connectivity index (χ2n) is 12.3. The van der Waals surface area contributed by atoms with E-state index < -0.39 is 0 Å². The third-order valence-corrected chi connectivity index (χ3v) is 9.57. The fourth-order valence-electron chi connectivity index (χ4n) is 7.36. The number of fused-ring (bicyclic) bond motifs is 6. The molecule has 0 bridgehead atoms. The molecular formula is C45H25N5. The molecule has 50 heavy (non-hydrogen) atoms. The van der Waals surface area contributed by atoms with E-state index in [0.717, 1.165) is 77.2 Å². The number of para-hydroxylation sites is 2. The van der Waals surface area contributed by atoms with Crippen LogP contribution in [-0.2, 0) is 0 Å². The van der Waals surface area contributed by atoms with Crippen molar-refractivity contribution in [2.75, 3.05) is 0 Å². The van der Waals surface area contributed by atoms with Gasteiger partial charge in [-0.3, -0.25) is 0 Å². The van der Waals surface area contributed by atoms with Crippen molar-refractivity contribution in [1.82, 2.24) is 9.13 Å². The first-order chi connectivity index (χ1) is 24.7. The van der Waals surface area contributed by atoms with Crippen molar-refractivity contribution in [1.29, 1.82) is 10.5 Å². The van der Waals surface area contributed by atoms with Gasteiger partial charge in [-0.25, -0.2) is 4.85 Å². The molecule has 0 atom stereocenters. The van der Waals surface area contributed by atoms with E-state index in [9.17, 15) is 10.5 Å². The summed E-state index contributed by atoms with van der Waals surface area (Å²) in [7, 11) is 0. The topological polar surface area (TPSA) is 61.8 Å². The average molecular weight is 636 g/mol. The second kappa shape index (κ2) is 11.4. The summed E-state index contributed by atoms with van der Waals surface area (Å²) in [6.07, 6.45) is 0. The average Bonchev–Trinajstić information content (AvgIpc) is 3.69. The predicted molar refractivity (Wildman–Crippen MR) is 202 cm³/mol. The molecule has 0 saturated heterocycles. The van der Waals surface area contributed by atoms with E-state index >= 15 is 0 Å². The van der Waals surface area contributed by atoms with Crippen LogP contribution in [0.15, 0.2) is 152 Å². The zero-order chi connectivity index (χ0) is 33.8. The van der Waals surface area contributed by atoms with Crippen LogP contribution in [0.2, 0.25) is 0 Å². The number of nitrogens with zero attached hydrogens (tertiary/aromatic N) is 5. The summed E-state index contributed by atoms with van der Waals surface area (Å²) in [5, 5.41) is 23.5. The first-order valence-electron chi connectivity index (χ1n) is 16.3. The molecule has 0 aliphatic carbocycles. The molecule has 2 heterocycles. The highest BCUT2D eigenvalue weighted by molar-refractivity contribution is 6.11. The highest BCUT2D eigenvalue weighted by Gasteiger charge is 2.20. The van der Waals surface area contributed by atoms with Gasteiger partial charge < -0.3 is 9.13 Å². The second-order valence-corrected chi connectivity index (χ2v) is 12.3. The molecule has 5 nitrogen and oxygen atoms in total. The van der Waals surface area contributed by atoms with Gasteiger partial charge >= 0.3 is 0 Å². The Morgan fingerprint density at radius 3 is 1.62 bits per heavy atom. The molecule has 0 spiro atoms. The number of aromatic nitrogens is 2. The van der Waals surface area contributed by atoms with Crippen molar-refractivity contribution in [3.8, 4) is 45.8 Å². The van der Waals surface area contributed by atoms with Crippen molar-refractivity contribution >= 4 is 49.3 Å². The maximum atomic E-state index is 9.68. The molecule has 230 valence electrons. The molecule has 0 unspecified atom stereocenters. The Bertz CT molecular complexity index is 2830. The maximum absolute atomic E-state index is 9.68. The Labute approximate surface area is 288 Å². The highest BCUT2D eigenvalue weighted by Crippen LogP contribution is 2.44. The van der Waals surface area contributed by atoms with E-state index in [1.54, 1.807) is 0 Å². The molecule has 0 radical (unpaired) electrons. The monoisotopic (exact) mass is 635 g/mol. The fourth-order valence-corrected chi connectivity index (χ4v) is 7.36. The van der Waals surface area contributed by atoms with Crippen LogP contribution in [0.25, 0.3) is 82.1 Å². The molecule has 2 aromatic heterocycles. The summed E-state index contributed by atoms with van der Waals surface area (Å²) in [6.45, 7) is 8.48. The van der Waals surface area contributed by atoms with E-state index in [-0.39, 0.29) is 0 Å². The van der Waals surface area contributed by atoms with Gasteiger partial charge in [0, 0.05) is 27.2 Å². The summed E-state index contributed by atoms with van der Waals surface area (Å²) >= 11 is 0. The third kappa shape index (κ3) is 4.38. The van der Waals surface area contributed by atoms with Crippen LogP contribution in [0.3, 0.4) is 0 Å². The number of nitriles is 2. The van der Waals surface area contributed by atoms with Gasteiger partial charge in [-0.15, -0.1) is 0 Å². The summed E-state index contributed by atoms with van der Waals surface area (Å²) < 4.78 is 4.42. The lowest BCUT2D eigenvalue weighted by molar-refractivity contribution is 1.18. The van der Waals surface area contributed by atoms with Crippen molar-refractivity contribution in [3.05, 3.63) is 174 Å². The fraction of sp³-hybridized carbons (Fsp3) is 0. The number of rotatable bonds is 4. The van der Waals surface area contributed by atoms with E-state index in [1.165, 1.54) is 0 Å². The molecule has 9 rings (SSSR count). The Morgan fingerprint density at radius 1 is 0.460 bits per heavy atom. The van der Waals surface area contributed by atoms with Crippen LogP contribution in [-0.4, -0.2) is 9.13 Å². The third-order valence-electron chi connectivity index (χ3n) is 9.57. The van der Waals surface area contributed by atoms with Gasteiger partial charge in [0.15, 0.2) is 0 Å². The number of benzene rings is 7. The minimum absolute atomic E-state index is 0.568. The minimum Gasteiger partial charge on any atom is -0.319 e. The van der Waals surface area contributed by atoms with Gasteiger partial charge in [0.05, 0.1) is 57.6 Å². The van der Waals surface area contributed by atoms with E-state index in [2.05, 4.69) is 111 Å². The molecule has 9 aromatic rings. The summed E-state index contributed by atoms with van der Waals surface area (Å²) in [5.74, 6) is 0. The lowest BCUT2D eigenvalue weighted by atomic mass is 9.95. The molecule has 0 fully saturated rings. The lowest BCUT2D eigenvalue weighted by Crippen LogP contribution is -1.98. The zero-order valence-corrected chi connectivity index (χ0v) is 26.7. The van der Waals surface area contributed by atoms with Crippen LogP contribution < -0.4 is 0 Å². The summed E-state index contributed by atoms with van der Waals surface area (Å²) in [5.41, 5.74) is 11.3. The first kappa shape index (κ1) is 28.8. The predicted octanol–water partition coefficient (Wildman–Crippen LogP) is 11.5. The smallest absolute Gasteiger partial charge is 0.218 e. The molecular weight excluding hydrogens is 611 g/mol. The van der Waals surface area contributed by atoms with Crippen molar-refractivity contribution in [2.24, 2.45) is 0 Å². The molecule has 0 saturated carbocycles. The van der Waals surface area contributed by atoms with Crippen LogP contribution >= 0.6 is 0 Å². The van der Waals surface area contributed by atoms with Gasteiger partial charge in [-0.05, 0) is 89.0 Å². The quantitative estimate of drug-likeness (QED) is 0.181. The molecule has 5 heteroatoms. The number of hydrogen-bond acceptors (Lipinski definition) is 2. The molecule has 7 aromatic carbocycles. The van der Waals surface area contributed by atoms with Gasteiger partial charge in [-0.1, -0.05) is 84.9 Å². The lowest BCUT2D eigenvalue weighted by Gasteiger charge is -2.17. The van der Waals surface area contributed by atoms with E-state index in [0.29, 0.717) is 16.8 Å². The zero-order valence-electron chi connectivity index (χ0n) is 26.7. The van der Waals surface area contributed by atoms with Gasteiger partial charge in [-0.2, -0.15) is 10.5 Å². The molecule has 0 aliphatic heterocycles. The summed E-state index contributed by atoms with van der Waals surface area (Å²) in [4.78, 5) is 4.19. The van der Waals surface area contributed by atoms with Crippen molar-refractivity contribution < 1.29 is 0 Å². The van der Waals surface area contributed by atoms with Gasteiger partial charge in [0.25, 0.3) is 0 Å². The Morgan fingerprint density at radius 2 is 1.02 bits per heavy atom. The van der Waals surface area contributed by atoms with Crippen LogP contribution in [0.5, 0.6) is 0 Å². The summed E-state index contributed by atoms with van der Waals surface area (Å²) in [6, 6.07) is 55.5. The Balaban J connectivity index is 1.33. The molecule has 0 amide bonds. The molecule has 0 aliphatic rings. The SMILES string of the molecule is [C-]#[N+]c1c(-c2ccccc2)cc(-c2cccc(-n3c4ccc(C#N)cc4c4cc(C#N)ccc43)c2)cc1-n1c2ccccc2c2ccccc21. The van der Waals surface area contributed by atoms with Crippen LogP contribution in [0.4, 0.5) is 5.69 Å².